The zero-order valence-electron chi connectivity index (χ0n) is 8.10. The van der Waals surface area contributed by atoms with Crippen LogP contribution in [-0.2, 0) is 9.53 Å². The smallest absolute Gasteiger partial charge is 0.330 e. The minimum absolute atomic E-state index is 0.402. The van der Waals surface area contributed by atoms with Gasteiger partial charge in [-0.25, -0.2) is 4.79 Å². The summed E-state index contributed by atoms with van der Waals surface area (Å²) >= 11 is 1.38. The SMILES string of the molecule is COC(=O)C(CO)NC(=O)c1ccsc1. The fourth-order valence-corrected chi connectivity index (χ4v) is 1.59. The van der Waals surface area contributed by atoms with E-state index in [1.807, 2.05) is 0 Å². The predicted octanol–water partition coefficient (Wildman–Crippen LogP) is 0.0118. The van der Waals surface area contributed by atoms with Crippen molar-refractivity contribution in [2.24, 2.45) is 0 Å². The molecule has 0 saturated carbocycles. The molecule has 1 atom stereocenters. The van der Waals surface area contributed by atoms with E-state index in [0.29, 0.717) is 5.56 Å². The Hall–Kier alpha value is -1.40. The molecule has 5 nitrogen and oxygen atoms in total. The highest BCUT2D eigenvalue weighted by Crippen LogP contribution is 2.05. The number of aliphatic hydroxyl groups is 1. The number of hydrogen-bond acceptors (Lipinski definition) is 5. The van der Waals surface area contributed by atoms with Crippen LogP contribution in [0.1, 0.15) is 10.4 Å². The van der Waals surface area contributed by atoms with Gasteiger partial charge in [0.25, 0.3) is 5.91 Å². The maximum absolute atomic E-state index is 11.5. The lowest BCUT2D eigenvalue weighted by Crippen LogP contribution is -2.43. The third-order valence-electron chi connectivity index (χ3n) is 1.76. The monoisotopic (exact) mass is 229 g/mol. The first-order valence-corrected chi connectivity index (χ1v) is 5.15. The van der Waals surface area contributed by atoms with Gasteiger partial charge in [-0.1, -0.05) is 0 Å². The summed E-state index contributed by atoms with van der Waals surface area (Å²) in [5, 5.41) is 14.6. The Morgan fingerprint density at radius 3 is 2.87 bits per heavy atom. The van der Waals surface area contributed by atoms with Crippen molar-refractivity contribution in [3.05, 3.63) is 22.4 Å². The summed E-state index contributed by atoms with van der Waals surface area (Å²) in [5.41, 5.74) is 0.461. The maximum Gasteiger partial charge on any atom is 0.330 e. The van der Waals surface area contributed by atoms with Crippen molar-refractivity contribution >= 4 is 23.2 Å². The number of hydrogen-bond donors (Lipinski definition) is 2. The number of nitrogens with one attached hydrogen (secondary N) is 1. The first kappa shape index (κ1) is 11.7. The molecule has 1 unspecified atom stereocenters. The molecule has 82 valence electrons. The highest BCUT2D eigenvalue weighted by Gasteiger charge is 2.20. The van der Waals surface area contributed by atoms with Gasteiger partial charge >= 0.3 is 5.97 Å². The van der Waals surface area contributed by atoms with Crippen LogP contribution in [0.4, 0.5) is 0 Å². The van der Waals surface area contributed by atoms with Crippen molar-refractivity contribution in [2.45, 2.75) is 6.04 Å². The molecule has 1 aromatic rings. The normalized spacial score (nSPS) is 11.9. The Labute approximate surface area is 90.7 Å². The van der Waals surface area contributed by atoms with Crippen molar-refractivity contribution in [3.63, 3.8) is 0 Å². The molecule has 0 fully saturated rings. The summed E-state index contributed by atoms with van der Waals surface area (Å²) in [6.45, 7) is -0.484. The molecule has 0 aliphatic heterocycles. The Morgan fingerprint density at radius 2 is 2.40 bits per heavy atom. The molecule has 0 aromatic carbocycles. The number of methoxy groups -OCH3 is 1. The third-order valence-corrected chi connectivity index (χ3v) is 2.44. The molecule has 1 amide bonds. The number of ether oxygens (including phenoxy) is 1. The first-order valence-electron chi connectivity index (χ1n) is 4.20. The summed E-state index contributed by atoms with van der Waals surface area (Å²) in [6, 6.07) is 0.619. The lowest BCUT2D eigenvalue weighted by atomic mass is 10.2. The van der Waals surface area contributed by atoms with E-state index < -0.39 is 24.5 Å². The van der Waals surface area contributed by atoms with Crippen molar-refractivity contribution < 1.29 is 19.4 Å². The Bertz CT molecular complexity index is 336. The van der Waals surface area contributed by atoms with E-state index in [1.54, 1.807) is 16.8 Å². The lowest BCUT2D eigenvalue weighted by molar-refractivity contribution is -0.143. The van der Waals surface area contributed by atoms with Gasteiger partial charge in [0.15, 0.2) is 6.04 Å². The number of aliphatic hydroxyl groups excluding tert-OH is 1. The number of esters is 1. The van der Waals surface area contributed by atoms with Gasteiger partial charge in [0.1, 0.15) is 0 Å². The lowest BCUT2D eigenvalue weighted by Gasteiger charge is -2.12. The van der Waals surface area contributed by atoms with Crippen LogP contribution in [0, 0.1) is 0 Å². The second-order valence-corrected chi connectivity index (χ2v) is 3.52. The van der Waals surface area contributed by atoms with Crippen molar-refractivity contribution in [3.8, 4) is 0 Å². The second kappa shape index (κ2) is 5.47. The molecule has 0 bridgehead atoms. The standard InChI is InChI=1S/C9H11NO4S/c1-14-9(13)7(4-11)10-8(12)6-2-3-15-5-6/h2-3,5,7,11H,4H2,1H3,(H,10,12). The molecule has 0 radical (unpaired) electrons. The maximum atomic E-state index is 11.5. The van der Waals surface area contributed by atoms with E-state index in [4.69, 9.17) is 5.11 Å². The summed E-state index contributed by atoms with van der Waals surface area (Å²) in [4.78, 5) is 22.5. The molecule has 0 aliphatic rings. The first-order chi connectivity index (χ1) is 7.19. The van der Waals surface area contributed by atoms with Crippen LogP contribution in [-0.4, -0.2) is 36.7 Å². The van der Waals surface area contributed by atoms with Gasteiger partial charge in [-0.15, -0.1) is 0 Å². The summed E-state index contributed by atoms with van der Waals surface area (Å²) in [5.74, 6) is -1.07. The van der Waals surface area contributed by atoms with E-state index in [1.165, 1.54) is 18.4 Å². The molecule has 2 N–H and O–H groups in total. The minimum atomic E-state index is -1.01. The van der Waals surface area contributed by atoms with Crippen LogP contribution < -0.4 is 5.32 Å². The van der Waals surface area contributed by atoms with Gasteiger partial charge in [0, 0.05) is 5.38 Å². The van der Waals surface area contributed by atoms with Gasteiger partial charge in [0.2, 0.25) is 0 Å². The predicted molar refractivity (Wildman–Crippen MR) is 54.7 cm³/mol. The van der Waals surface area contributed by atoms with E-state index >= 15 is 0 Å². The molecule has 0 aliphatic carbocycles. The third kappa shape index (κ3) is 3.03. The largest absolute Gasteiger partial charge is 0.467 e. The van der Waals surface area contributed by atoms with Crippen LogP contribution in [0.3, 0.4) is 0 Å². The molecule has 6 heteroatoms. The van der Waals surface area contributed by atoms with Crippen molar-refractivity contribution in [2.75, 3.05) is 13.7 Å². The molecular formula is C9H11NO4S. The van der Waals surface area contributed by atoms with Gasteiger partial charge in [-0.05, 0) is 11.4 Å². The molecular weight excluding hydrogens is 218 g/mol. The van der Waals surface area contributed by atoms with Crippen LogP contribution >= 0.6 is 11.3 Å². The van der Waals surface area contributed by atoms with Crippen LogP contribution in [0.15, 0.2) is 16.8 Å². The Morgan fingerprint density at radius 1 is 1.67 bits per heavy atom. The van der Waals surface area contributed by atoms with Crippen molar-refractivity contribution in [1.29, 1.82) is 0 Å². The van der Waals surface area contributed by atoms with E-state index in [2.05, 4.69) is 10.1 Å². The minimum Gasteiger partial charge on any atom is -0.467 e. The van der Waals surface area contributed by atoms with Crippen molar-refractivity contribution in [1.82, 2.24) is 5.32 Å². The van der Waals surface area contributed by atoms with E-state index in [9.17, 15) is 9.59 Å². The second-order valence-electron chi connectivity index (χ2n) is 2.74. The summed E-state index contributed by atoms with van der Waals surface area (Å²) in [7, 11) is 1.20. The average Bonchev–Trinajstić information content (AvgIpc) is 2.77. The van der Waals surface area contributed by atoms with Crippen LogP contribution in [0.25, 0.3) is 0 Å². The van der Waals surface area contributed by atoms with E-state index in [-0.39, 0.29) is 0 Å². The fourth-order valence-electron chi connectivity index (χ4n) is 0.957. The molecule has 15 heavy (non-hydrogen) atoms. The van der Waals surface area contributed by atoms with Gasteiger partial charge in [0.05, 0.1) is 19.3 Å². The summed E-state index contributed by atoms with van der Waals surface area (Å²) in [6.07, 6.45) is 0. The molecule has 0 spiro atoms. The highest BCUT2D eigenvalue weighted by atomic mass is 32.1. The number of carbonyl (C=O) groups is 2. The van der Waals surface area contributed by atoms with E-state index in [0.717, 1.165) is 0 Å². The van der Waals surface area contributed by atoms with Gasteiger partial charge in [-0.2, -0.15) is 11.3 Å². The number of rotatable bonds is 4. The summed E-state index contributed by atoms with van der Waals surface area (Å²) < 4.78 is 4.41. The Kier molecular flexibility index (Phi) is 4.26. The average molecular weight is 229 g/mol. The van der Waals surface area contributed by atoms with Crippen LogP contribution in [0.2, 0.25) is 0 Å². The quantitative estimate of drug-likeness (QED) is 0.713. The van der Waals surface area contributed by atoms with Crippen LogP contribution in [0.5, 0.6) is 0 Å². The zero-order valence-corrected chi connectivity index (χ0v) is 8.91. The highest BCUT2D eigenvalue weighted by molar-refractivity contribution is 7.08. The molecule has 1 heterocycles. The zero-order chi connectivity index (χ0) is 11.3. The number of thiophene rings is 1. The topological polar surface area (TPSA) is 75.6 Å². The molecule has 0 saturated heterocycles. The Balaban J connectivity index is 2.60. The number of amides is 1. The van der Waals surface area contributed by atoms with Gasteiger partial charge < -0.3 is 15.2 Å². The molecule has 1 rings (SSSR count). The fraction of sp³-hybridized carbons (Fsp3) is 0.333. The molecule has 1 aromatic heterocycles. The van der Waals surface area contributed by atoms with Gasteiger partial charge in [-0.3, -0.25) is 4.79 Å². The number of carbonyl (C=O) groups excluding carboxylic acids is 2.